The number of amides is 1. The van der Waals surface area contributed by atoms with E-state index in [4.69, 9.17) is 9.47 Å². The summed E-state index contributed by atoms with van der Waals surface area (Å²) >= 11 is 0. The average Bonchev–Trinajstić information content (AvgIpc) is 3.31. The smallest absolute Gasteiger partial charge is 0.381 e. The first kappa shape index (κ1) is 30.4. The third-order valence-electron chi connectivity index (χ3n) is 6.94. The van der Waals surface area contributed by atoms with Crippen LogP contribution in [0.3, 0.4) is 0 Å². The molecule has 0 saturated heterocycles. The van der Waals surface area contributed by atoms with E-state index in [1.807, 2.05) is 6.92 Å². The van der Waals surface area contributed by atoms with Gasteiger partial charge in [0.05, 0.1) is 17.9 Å². The van der Waals surface area contributed by atoms with E-state index in [-0.39, 0.29) is 28.1 Å². The molecule has 3 heterocycles. The zero-order valence-electron chi connectivity index (χ0n) is 24.9. The molecular formula is C30H38F2N4O5. The fraction of sp³-hybridized carbons (Fsp3) is 0.533. The maximum absolute atomic E-state index is 15.5. The molecule has 0 radical (unpaired) electrons. The molecule has 0 spiro atoms. The third-order valence-corrected chi connectivity index (χ3v) is 6.94. The van der Waals surface area contributed by atoms with Crippen LogP contribution in [0.15, 0.2) is 12.1 Å². The Labute approximate surface area is 238 Å². The Morgan fingerprint density at radius 3 is 2.51 bits per heavy atom. The number of halogens is 2. The SMILES string of the molecule is Cc1nc2cc(C(=O)NCCC(C)(C)C)nn2c(-c2cc(F)c3c(c2C)CCCO3)c1[C@H](OC(C)(C)C)C(=O)OF. The molecule has 1 aliphatic heterocycles. The van der Waals surface area contributed by atoms with Gasteiger partial charge in [0.1, 0.15) is 0 Å². The molecule has 1 atom stereocenters. The fourth-order valence-electron chi connectivity index (χ4n) is 4.98. The van der Waals surface area contributed by atoms with Crippen LogP contribution in [0.25, 0.3) is 16.9 Å². The van der Waals surface area contributed by atoms with Crippen molar-refractivity contribution in [2.75, 3.05) is 13.2 Å². The molecule has 1 amide bonds. The van der Waals surface area contributed by atoms with Crippen LogP contribution in [0.1, 0.15) is 93.4 Å². The number of carbonyl (C=O) groups is 2. The van der Waals surface area contributed by atoms with Crippen molar-refractivity contribution in [2.24, 2.45) is 5.41 Å². The number of fused-ring (bicyclic) bond motifs is 2. The number of rotatable bonds is 7. The summed E-state index contributed by atoms with van der Waals surface area (Å²) in [5.74, 6) is -2.09. The van der Waals surface area contributed by atoms with Crippen LogP contribution in [0.5, 0.6) is 5.75 Å². The number of ether oxygens (including phenoxy) is 2. The largest absolute Gasteiger partial charge is 0.490 e. The Bertz CT molecular complexity index is 1490. The van der Waals surface area contributed by atoms with Crippen molar-refractivity contribution < 1.29 is 32.9 Å². The minimum Gasteiger partial charge on any atom is -0.490 e. The first-order valence-corrected chi connectivity index (χ1v) is 13.7. The van der Waals surface area contributed by atoms with Gasteiger partial charge in [0.15, 0.2) is 29.0 Å². The van der Waals surface area contributed by atoms with Gasteiger partial charge in [0.25, 0.3) is 5.91 Å². The van der Waals surface area contributed by atoms with Crippen molar-refractivity contribution in [1.29, 1.82) is 0 Å². The summed E-state index contributed by atoms with van der Waals surface area (Å²) in [6, 6.07) is 2.82. The van der Waals surface area contributed by atoms with Gasteiger partial charge in [-0.1, -0.05) is 20.8 Å². The molecule has 9 nitrogen and oxygen atoms in total. The minimum atomic E-state index is -1.56. The van der Waals surface area contributed by atoms with E-state index in [9.17, 15) is 14.1 Å². The molecule has 0 aliphatic carbocycles. The Balaban J connectivity index is 1.98. The van der Waals surface area contributed by atoms with Crippen molar-refractivity contribution >= 4 is 17.5 Å². The topological polar surface area (TPSA) is 104 Å². The molecule has 222 valence electrons. The molecule has 1 aromatic carbocycles. The minimum absolute atomic E-state index is 0.0256. The van der Waals surface area contributed by atoms with Gasteiger partial charge in [-0.05, 0) is 70.9 Å². The zero-order valence-corrected chi connectivity index (χ0v) is 24.9. The number of hydrogen-bond acceptors (Lipinski definition) is 7. The van der Waals surface area contributed by atoms with Gasteiger partial charge >= 0.3 is 5.97 Å². The molecule has 0 fully saturated rings. The van der Waals surface area contributed by atoms with Gasteiger partial charge < -0.3 is 14.8 Å². The monoisotopic (exact) mass is 572 g/mol. The van der Waals surface area contributed by atoms with Gasteiger partial charge in [-0.15, -0.1) is 0 Å². The number of aryl methyl sites for hydroxylation is 1. The number of hydrogen-bond donors (Lipinski definition) is 1. The van der Waals surface area contributed by atoms with Crippen LogP contribution in [-0.2, 0) is 20.9 Å². The molecular weight excluding hydrogens is 534 g/mol. The normalized spacial score (nSPS) is 14.4. The Morgan fingerprint density at radius 1 is 1.17 bits per heavy atom. The Hall–Kier alpha value is -3.60. The standard InChI is InChI=1S/C30H38F2N4O5/c1-16-18-10-9-13-39-25(18)20(31)14-19(16)24-23(26(28(38)41-32)40-30(6,7)8)17(2)34-22-15-21(35-36(22)24)27(37)33-12-11-29(3,4)5/h14-15,26H,9-13H2,1-8H3,(H,33,37)/t26-/m0/s1. The van der Waals surface area contributed by atoms with Crippen LogP contribution in [-0.4, -0.2) is 45.2 Å². The quantitative estimate of drug-likeness (QED) is 0.374. The second kappa shape index (κ2) is 11.3. The maximum Gasteiger partial charge on any atom is 0.381 e. The molecule has 4 rings (SSSR count). The van der Waals surface area contributed by atoms with E-state index in [0.717, 1.165) is 6.42 Å². The van der Waals surface area contributed by atoms with E-state index < -0.39 is 29.4 Å². The summed E-state index contributed by atoms with van der Waals surface area (Å²) < 4.78 is 41.9. The molecule has 41 heavy (non-hydrogen) atoms. The number of nitrogens with one attached hydrogen (secondary N) is 1. The lowest BCUT2D eigenvalue weighted by Crippen LogP contribution is -2.29. The Morgan fingerprint density at radius 2 is 1.88 bits per heavy atom. The van der Waals surface area contributed by atoms with E-state index in [0.29, 0.717) is 54.0 Å². The van der Waals surface area contributed by atoms with Crippen molar-refractivity contribution in [3.8, 4) is 17.0 Å². The van der Waals surface area contributed by atoms with Crippen LogP contribution in [0.4, 0.5) is 8.92 Å². The highest BCUT2D eigenvalue weighted by Gasteiger charge is 2.36. The second-order valence-corrected chi connectivity index (χ2v) is 12.6. The van der Waals surface area contributed by atoms with Gasteiger partial charge in [0.2, 0.25) is 0 Å². The van der Waals surface area contributed by atoms with Crippen LogP contribution >= 0.6 is 0 Å². The number of carbonyl (C=O) groups excluding carboxylic acids is 2. The van der Waals surface area contributed by atoms with Crippen molar-refractivity contribution in [3.63, 3.8) is 0 Å². The van der Waals surface area contributed by atoms with E-state index in [1.165, 1.54) is 16.6 Å². The second-order valence-electron chi connectivity index (χ2n) is 12.6. The first-order chi connectivity index (χ1) is 19.1. The lowest BCUT2D eigenvalue weighted by atomic mass is 9.91. The third kappa shape index (κ3) is 6.50. The van der Waals surface area contributed by atoms with Crippen molar-refractivity contribution in [3.05, 3.63) is 46.0 Å². The average molecular weight is 573 g/mol. The summed E-state index contributed by atoms with van der Waals surface area (Å²) in [5, 5.41) is 7.42. The highest BCUT2D eigenvalue weighted by Crippen LogP contribution is 2.41. The van der Waals surface area contributed by atoms with Gasteiger partial charge in [0, 0.05) is 39.5 Å². The molecule has 1 aliphatic rings. The zero-order chi connectivity index (χ0) is 30.3. The predicted octanol–water partition coefficient (Wildman–Crippen LogP) is 5.93. The molecule has 2 aromatic heterocycles. The fourth-order valence-corrected chi connectivity index (χ4v) is 4.98. The lowest BCUT2D eigenvalue weighted by molar-refractivity contribution is -0.205. The highest BCUT2D eigenvalue weighted by molar-refractivity contribution is 5.93. The van der Waals surface area contributed by atoms with Gasteiger partial charge in [-0.3, -0.25) is 9.74 Å². The maximum atomic E-state index is 15.5. The van der Waals surface area contributed by atoms with E-state index in [1.54, 1.807) is 27.7 Å². The lowest BCUT2D eigenvalue weighted by Gasteiger charge is -2.28. The number of aromatic nitrogens is 3. The molecule has 3 aromatic rings. The summed E-state index contributed by atoms with van der Waals surface area (Å²) in [5.41, 5.74) is 1.97. The summed E-state index contributed by atoms with van der Waals surface area (Å²) in [7, 11) is 0. The molecule has 0 unspecified atom stereocenters. The summed E-state index contributed by atoms with van der Waals surface area (Å²) in [6.45, 7) is 15.7. The molecule has 0 saturated carbocycles. The predicted molar refractivity (Wildman–Crippen MR) is 149 cm³/mol. The first-order valence-electron chi connectivity index (χ1n) is 13.7. The van der Waals surface area contributed by atoms with Crippen molar-refractivity contribution in [1.82, 2.24) is 19.9 Å². The molecule has 11 heteroatoms. The van der Waals surface area contributed by atoms with Gasteiger partial charge in [-0.25, -0.2) is 18.7 Å². The summed E-state index contributed by atoms with van der Waals surface area (Å²) in [4.78, 5) is 34.1. The highest BCUT2D eigenvalue weighted by atomic mass is 19.3. The molecule has 0 bridgehead atoms. The molecule has 1 N–H and O–H groups in total. The van der Waals surface area contributed by atoms with Crippen molar-refractivity contribution in [2.45, 2.75) is 86.4 Å². The number of benzene rings is 1. The summed E-state index contributed by atoms with van der Waals surface area (Å²) in [6.07, 6.45) is 0.489. The van der Waals surface area contributed by atoms with E-state index in [2.05, 4.69) is 41.1 Å². The van der Waals surface area contributed by atoms with E-state index >= 15 is 4.39 Å². The Kier molecular flexibility index (Phi) is 8.40. The number of nitrogens with zero attached hydrogens (tertiary/aromatic N) is 3. The van der Waals surface area contributed by atoms with Crippen LogP contribution in [0.2, 0.25) is 0 Å². The van der Waals surface area contributed by atoms with Gasteiger partial charge in [-0.2, -0.15) is 5.10 Å². The van der Waals surface area contributed by atoms with Crippen LogP contribution < -0.4 is 10.1 Å². The van der Waals surface area contributed by atoms with Crippen LogP contribution in [0, 0.1) is 25.1 Å².